The lowest BCUT2D eigenvalue weighted by Gasteiger charge is -2.18. The summed E-state index contributed by atoms with van der Waals surface area (Å²) in [6.07, 6.45) is 1.06. The van der Waals surface area contributed by atoms with Crippen molar-refractivity contribution < 1.29 is 4.74 Å². The Bertz CT molecular complexity index is 546. The van der Waals surface area contributed by atoms with Crippen molar-refractivity contribution in [3.63, 3.8) is 0 Å². The summed E-state index contributed by atoms with van der Waals surface area (Å²) in [6.45, 7) is 9.62. The fourth-order valence-electron chi connectivity index (χ4n) is 2.06. The number of nitrogens with zero attached hydrogens (tertiary/aromatic N) is 1. The lowest BCUT2D eigenvalue weighted by atomic mass is 9.93. The van der Waals surface area contributed by atoms with Gasteiger partial charge in [0.05, 0.1) is 12.1 Å². The standard InChI is InChI=1S/C16H23NO/c1-12-11-13-14(17(12)5)7-6-8-15(13)18-10-9-16(2,3)4/h6-8,11H,9-10H2,1-5H3. The minimum atomic E-state index is 0.320. The van der Waals surface area contributed by atoms with Crippen molar-refractivity contribution in [2.75, 3.05) is 6.61 Å². The fraction of sp³-hybridized carbons (Fsp3) is 0.500. The molecule has 0 aliphatic heterocycles. The number of ether oxygens (including phenoxy) is 1. The van der Waals surface area contributed by atoms with Crippen LogP contribution in [0.15, 0.2) is 24.3 Å². The summed E-state index contributed by atoms with van der Waals surface area (Å²) >= 11 is 0. The lowest BCUT2D eigenvalue weighted by Crippen LogP contribution is -2.11. The van der Waals surface area contributed by atoms with E-state index in [1.165, 1.54) is 16.6 Å². The minimum Gasteiger partial charge on any atom is -0.493 e. The number of hydrogen-bond donors (Lipinski definition) is 0. The number of rotatable bonds is 3. The number of fused-ring (bicyclic) bond motifs is 1. The highest BCUT2D eigenvalue weighted by atomic mass is 16.5. The van der Waals surface area contributed by atoms with Crippen molar-refractivity contribution >= 4 is 10.9 Å². The average molecular weight is 245 g/mol. The first-order valence-electron chi connectivity index (χ1n) is 6.56. The second-order valence-corrected chi connectivity index (χ2v) is 6.19. The van der Waals surface area contributed by atoms with Gasteiger partial charge in [-0.15, -0.1) is 0 Å². The zero-order valence-electron chi connectivity index (χ0n) is 12.1. The molecule has 0 radical (unpaired) electrons. The number of aromatic nitrogens is 1. The smallest absolute Gasteiger partial charge is 0.128 e. The van der Waals surface area contributed by atoms with Gasteiger partial charge in [0.1, 0.15) is 5.75 Å². The Labute approximate surface area is 110 Å². The van der Waals surface area contributed by atoms with E-state index in [2.05, 4.69) is 63.6 Å². The van der Waals surface area contributed by atoms with E-state index < -0.39 is 0 Å². The molecule has 0 amide bonds. The van der Waals surface area contributed by atoms with Crippen LogP contribution in [0.1, 0.15) is 32.9 Å². The van der Waals surface area contributed by atoms with Gasteiger partial charge in [0, 0.05) is 18.1 Å². The van der Waals surface area contributed by atoms with Gasteiger partial charge in [0.25, 0.3) is 0 Å². The minimum absolute atomic E-state index is 0.320. The molecule has 0 fully saturated rings. The van der Waals surface area contributed by atoms with Crippen molar-refractivity contribution in [1.82, 2.24) is 4.57 Å². The van der Waals surface area contributed by atoms with Crippen molar-refractivity contribution in [3.05, 3.63) is 30.0 Å². The Morgan fingerprint density at radius 1 is 1.22 bits per heavy atom. The van der Waals surface area contributed by atoms with Gasteiger partial charge in [-0.3, -0.25) is 0 Å². The monoisotopic (exact) mass is 245 g/mol. The van der Waals surface area contributed by atoms with Crippen LogP contribution in [0.2, 0.25) is 0 Å². The molecule has 0 aliphatic carbocycles. The van der Waals surface area contributed by atoms with E-state index in [1.807, 2.05) is 0 Å². The van der Waals surface area contributed by atoms with Crippen molar-refractivity contribution in [2.24, 2.45) is 12.5 Å². The Hall–Kier alpha value is -1.44. The summed E-state index contributed by atoms with van der Waals surface area (Å²) in [4.78, 5) is 0. The third-order valence-corrected chi connectivity index (χ3v) is 3.40. The quantitative estimate of drug-likeness (QED) is 0.786. The summed E-state index contributed by atoms with van der Waals surface area (Å²) in [6, 6.07) is 8.46. The van der Waals surface area contributed by atoms with Crippen LogP contribution in [0.3, 0.4) is 0 Å². The highest BCUT2D eigenvalue weighted by molar-refractivity contribution is 5.87. The van der Waals surface area contributed by atoms with E-state index in [0.717, 1.165) is 18.8 Å². The Morgan fingerprint density at radius 2 is 1.94 bits per heavy atom. The first kappa shape index (κ1) is 13.0. The highest BCUT2D eigenvalue weighted by Gasteiger charge is 2.11. The maximum absolute atomic E-state index is 5.95. The molecule has 0 saturated heterocycles. The lowest BCUT2D eigenvalue weighted by molar-refractivity contribution is 0.245. The van der Waals surface area contributed by atoms with Gasteiger partial charge in [0.2, 0.25) is 0 Å². The summed E-state index contributed by atoms with van der Waals surface area (Å²) in [5.74, 6) is 1.00. The predicted molar refractivity (Wildman–Crippen MR) is 77.2 cm³/mol. The molecule has 0 N–H and O–H groups in total. The zero-order valence-corrected chi connectivity index (χ0v) is 12.1. The largest absolute Gasteiger partial charge is 0.493 e. The molecule has 0 bridgehead atoms. The van der Waals surface area contributed by atoms with Gasteiger partial charge in [-0.25, -0.2) is 0 Å². The zero-order chi connectivity index (χ0) is 13.3. The SMILES string of the molecule is Cc1cc2c(OCCC(C)(C)C)cccc2n1C. The van der Waals surface area contributed by atoms with Crippen LogP contribution >= 0.6 is 0 Å². The van der Waals surface area contributed by atoms with E-state index in [4.69, 9.17) is 4.74 Å². The summed E-state index contributed by atoms with van der Waals surface area (Å²) in [5.41, 5.74) is 2.82. The molecule has 1 aromatic carbocycles. The van der Waals surface area contributed by atoms with E-state index >= 15 is 0 Å². The molecule has 0 saturated carbocycles. The molecular formula is C16H23NO. The van der Waals surface area contributed by atoms with Gasteiger partial charge < -0.3 is 9.30 Å². The van der Waals surface area contributed by atoms with Crippen molar-refractivity contribution in [1.29, 1.82) is 0 Å². The maximum Gasteiger partial charge on any atom is 0.128 e. The molecule has 0 spiro atoms. The van der Waals surface area contributed by atoms with Crippen LogP contribution in [-0.2, 0) is 7.05 Å². The molecule has 18 heavy (non-hydrogen) atoms. The van der Waals surface area contributed by atoms with Gasteiger partial charge >= 0.3 is 0 Å². The predicted octanol–water partition coefficient (Wildman–Crippen LogP) is 4.30. The van der Waals surface area contributed by atoms with Crippen LogP contribution in [0, 0.1) is 12.3 Å². The van der Waals surface area contributed by atoms with E-state index in [9.17, 15) is 0 Å². The third-order valence-electron chi connectivity index (χ3n) is 3.40. The highest BCUT2D eigenvalue weighted by Crippen LogP contribution is 2.29. The Kier molecular flexibility index (Phi) is 3.38. The van der Waals surface area contributed by atoms with Crippen LogP contribution in [-0.4, -0.2) is 11.2 Å². The molecule has 0 aliphatic rings. The molecule has 2 rings (SSSR count). The molecule has 1 heterocycles. The molecule has 0 unspecified atom stereocenters. The number of benzene rings is 1. The number of hydrogen-bond acceptors (Lipinski definition) is 1. The normalized spacial score (nSPS) is 12.1. The Morgan fingerprint density at radius 3 is 2.61 bits per heavy atom. The summed E-state index contributed by atoms with van der Waals surface area (Å²) in [5, 5.41) is 1.21. The van der Waals surface area contributed by atoms with Gasteiger partial charge in [0.15, 0.2) is 0 Å². The molecule has 0 atom stereocenters. The summed E-state index contributed by atoms with van der Waals surface area (Å²) in [7, 11) is 2.09. The topological polar surface area (TPSA) is 14.2 Å². The van der Waals surface area contributed by atoms with Gasteiger partial charge in [-0.1, -0.05) is 26.8 Å². The second kappa shape index (κ2) is 4.68. The van der Waals surface area contributed by atoms with Crippen LogP contribution in [0.4, 0.5) is 0 Å². The van der Waals surface area contributed by atoms with Crippen LogP contribution in [0.5, 0.6) is 5.75 Å². The first-order valence-corrected chi connectivity index (χ1v) is 6.56. The average Bonchev–Trinajstić information content (AvgIpc) is 2.55. The van der Waals surface area contributed by atoms with Crippen molar-refractivity contribution in [3.8, 4) is 5.75 Å². The molecule has 2 heteroatoms. The third kappa shape index (κ3) is 2.69. The van der Waals surface area contributed by atoms with Crippen molar-refractivity contribution in [2.45, 2.75) is 34.1 Å². The van der Waals surface area contributed by atoms with E-state index in [-0.39, 0.29) is 0 Å². The van der Waals surface area contributed by atoms with Gasteiger partial charge in [-0.2, -0.15) is 0 Å². The number of aryl methyl sites for hydroxylation is 2. The van der Waals surface area contributed by atoms with Gasteiger partial charge in [-0.05, 0) is 37.0 Å². The summed E-state index contributed by atoms with van der Waals surface area (Å²) < 4.78 is 8.15. The van der Waals surface area contributed by atoms with Crippen LogP contribution in [0.25, 0.3) is 10.9 Å². The molecule has 1 aromatic heterocycles. The van der Waals surface area contributed by atoms with E-state index in [0.29, 0.717) is 5.41 Å². The molecule has 2 aromatic rings. The molecule has 2 nitrogen and oxygen atoms in total. The molecule has 98 valence electrons. The molecular weight excluding hydrogens is 222 g/mol. The maximum atomic E-state index is 5.95. The first-order chi connectivity index (χ1) is 8.38. The second-order valence-electron chi connectivity index (χ2n) is 6.19. The van der Waals surface area contributed by atoms with E-state index in [1.54, 1.807) is 0 Å². The van der Waals surface area contributed by atoms with Crippen LogP contribution < -0.4 is 4.74 Å². The fourth-order valence-corrected chi connectivity index (χ4v) is 2.06. The Balaban J connectivity index is 2.21.